The zero-order valence-corrected chi connectivity index (χ0v) is 11.0. The summed E-state index contributed by atoms with van der Waals surface area (Å²) in [6, 6.07) is 3.72. The first kappa shape index (κ1) is 15.9. The summed E-state index contributed by atoms with van der Waals surface area (Å²) >= 11 is 0. The number of nitrogens with zero attached hydrogens (tertiary/aromatic N) is 1. The molecule has 1 amide bonds. The molecule has 0 spiro atoms. The highest BCUT2D eigenvalue weighted by atomic mass is 19.3. The van der Waals surface area contributed by atoms with Crippen molar-refractivity contribution in [2.45, 2.75) is 32.5 Å². The van der Waals surface area contributed by atoms with E-state index in [0.717, 1.165) is 4.90 Å². The summed E-state index contributed by atoms with van der Waals surface area (Å²) in [6.07, 6.45) is 0.378. The first-order valence-corrected chi connectivity index (χ1v) is 5.87. The van der Waals surface area contributed by atoms with Gasteiger partial charge in [0.05, 0.1) is 0 Å². The van der Waals surface area contributed by atoms with Crippen LogP contribution >= 0.6 is 0 Å². The van der Waals surface area contributed by atoms with Gasteiger partial charge in [-0.25, -0.2) is 4.79 Å². The lowest BCUT2D eigenvalue weighted by Crippen LogP contribution is -2.38. The SMILES string of the molecule is CC(C)N(C=O)C(C(=O)O)c1ccccc1OC(F)F. The summed E-state index contributed by atoms with van der Waals surface area (Å²) in [6.45, 7) is 0.177. The summed E-state index contributed by atoms with van der Waals surface area (Å²) in [7, 11) is 0. The van der Waals surface area contributed by atoms with Gasteiger partial charge in [0.2, 0.25) is 6.41 Å². The van der Waals surface area contributed by atoms with Crippen LogP contribution in [0.5, 0.6) is 5.75 Å². The number of hydrogen-bond acceptors (Lipinski definition) is 3. The Hall–Kier alpha value is -2.18. The van der Waals surface area contributed by atoms with Crippen LogP contribution in [0.1, 0.15) is 25.5 Å². The van der Waals surface area contributed by atoms with Crippen LogP contribution in [0.15, 0.2) is 24.3 Å². The van der Waals surface area contributed by atoms with E-state index in [1.807, 2.05) is 0 Å². The third-order valence-electron chi connectivity index (χ3n) is 2.68. The van der Waals surface area contributed by atoms with Crippen LogP contribution in [0.2, 0.25) is 0 Å². The molecule has 1 rings (SSSR count). The molecule has 1 aromatic carbocycles. The van der Waals surface area contributed by atoms with Crippen molar-refractivity contribution in [2.24, 2.45) is 0 Å². The molecule has 0 radical (unpaired) electrons. The number of carboxylic acids is 1. The number of aliphatic carboxylic acids is 1. The van der Waals surface area contributed by atoms with Crippen LogP contribution in [0.25, 0.3) is 0 Å². The number of hydrogen-bond donors (Lipinski definition) is 1. The molecule has 0 saturated carbocycles. The fraction of sp³-hybridized carbons (Fsp3) is 0.385. The molecular weight excluding hydrogens is 272 g/mol. The van der Waals surface area contributed by atoms with Crippen LogP contribution in [-0.4, -0.2) is 35.0 Å². The lowest BCUT2D eigenvalue weighted by molar-refractivity contribution is -0.148. The van der Waals surface area contributed by atoms with E-state index in [-0.39, 0.29) is 11.3 Å². The Morgan fingerprint density at radius 3 is 2.40 bits per heavy atom. The van der Waals surface area contributed by atoms with Crippen molar-refractivity contribution in [3.8, 4) is 5.75 Å². The van der Waals surface area contributed by atoms with Crippen LogP contribution in [0.4, 0.5) is 8.78 Å². The van der Waals surface area contributed by atoms with E-state index in [0.29, 0.717) is 6.41 Å². The number of ether oxygens (including phenoxy) is 1. The molecule has 20 heavy (non-hydrogen) atoms. The summed E-state index contributed by atoms with van der Waals surface area (Å²) in [5, 5.41) is 9.29. The van der Waals surface area contributed by atoms with Gasteiger partial charge in [-0.05, 0) is 19.9 Å². The number of benzene rings is 1. The van der Waals surface area contributed by atoms with Crippen LogP contribution in [0.3, 0.4) is 0 Å². The first-order chi connectivity index (χ1) is 9.38. The average Bonchev–Trinajstić information content (AvgIpc) is 2.35. The fourth-order valence-electron chi connectivity index (χ4n) is 1.81. The average molecular weight is 287 g/mol. The fourth-order valence-corrected chi connectivity index (χ4v) is 1.81. The summed E-state index contributed by atoms with van der Waals surface area (Å²) < 4.78 is 29.0. The van der Waals surface area contributed by atoms with E-state index < -0.39 is 24.7 Å². The van der Waals surface area contributed by atoms with Crippen molar-refractivity contribution < 1.29 is 28.2 Å². The van der Waals surface area contributed by atoms with Crippen LogP contribution in [0, 0.1) is 0 Å². The van der Waals surface area contributed by atoms with Crippen molar-refractivity contribution >= 4 is 12.4 Å². The molecule has 110 valence electrons. The molecule has 0 heterocycles. The van der Waals surface area contributed by atoms with Gasteiger partial charge in [-0.15, -0.1) is 0 Å². The van der Waals surface area contributed by atoms with E-state index in [1.54, 1.807) is 13.8 Å². The van der Waals surface area contributed by atoms with Crippen LogP contribution < -0.4 is 4.74 Å². The highest BCUT2D eigenvalue weighted by molar-refractivity contribution is 5.79. The Labute approximate surface area is 114 Å². The standard InChI is InChI=1S/C13H15F2NO4/c1-8(2)16(7-17)11(12(18)19)9-5-3-4-6-10(9)20-13(14)15/h3-8,11,13H,1-2H3,(H,18,19). The van der Waals surface area contributed by atoms with Gasteiger partial charge in [0.25, 0.3) is 0 Å². The smallest absolute Gasteiger partial charge is 0.387 e. The van der Waals surface area contributed by atoms with Crippen molar-refractivity contribution in [2.75, 3.05) is 0 Å². The maximum absolute atomic E-state index is 12.4. The minimum atomic E-state index is -3.07. The predicted octanol–water partition coefficient (Wildman–Crippen LogP) is 2.28. The van der Waals surface area contributed by atoms with Gasteiger partial charge in [-0.1, -0.05) is 18.2 Å². The molecule has 0 aliphatic heterocycles. The zero-order chi connectivity index (χ0) is 15.3. The molecule has 5 nitrogen and oxygen atoms in total. The number of halogens is 2. The van der Waals surface area contributed by atoms with Crippen molar-refractivity contribution in [1.82, 2.24) is 4.90 Å². The quantitative estimate of drug-likeness (QED) is 0.781. The number of para-hydroxylation sites is 1. The minimum Gasteiger partial charge on any atom is -0.479 e. The molecule has 0 aliphatic carbocycles. The number of carboxylic acid groups (broad SMARTS) is 1. The van der Waals surface area contributed by atoms with Gasteiger partial charge in [-0.2, -0.15) is 8.78 Å². The van der Waals surface area contributed by atoms with Gasteiger partial charge in [0.1, 0.15) is 5.75 Å². The maximum atomic E-state index is 12.4. The molecule has 0 bridgehead atoms. The molecule has 1 aromatic rings. The Morgan fingerprint density at radius 2 is 1.95 bits per heavy atom. The second kappa shape index (κ2) is 6.83. The third kappa shape index (κ3) is 3.66. The van der Waals surface area contributed by atoms with E-state index in [1.165, 1.54) is 24.3 Å². The van der Waals surface area contributed by atoms with E-state index in [4.69, 9.17) is 0 Å². The Kier molecular flexibility index (Phi) is 5.42. The zero-order valence-electron chi connectivity index (χ0n) is 11.0. The van der Waals surface area contributed by atoms with Crippen LogP contribution in [-0.2, 0) is 9.59 Å². The number of alkyl halides is 2. The van der Waals surface area contributed by atoms with Gasteiger partial charge in [0.15, 0.2) is 6.04 Å². The molecule has 0 saturated heterocycles. The monoisotopic (exact) mass is 287 g/mol. The van der Waals surface area contributed by atoms with E-state index >= 15 is 0 Å². The molecule has 0 fully saturated rings. The normalized spacial score (nSPS) is 12.3. The molecule has 1 N–H and O–H groups in total. The third-order valence-corrected chi connectivity index (χ3v) is 2.68. The topological polar surface area (TPSA) is 66.8 Å². The van der Waals surface area contributed by atoms with Gasteiger partial charge < -0.3 is 14.7 Å². The highest BCUT2D eigenvalue weighted by Crippen LogP contribution is 2.31. The Bertz CT molecular complexity index is 479. The van der Waals surface area contributed by atoms with Crippen molar-refractivity contribution in [3.05, 3.63) is 29.8 Å². The number of carbonyl (C=O) groups excluding carboxylic acids is 1. The summed E-state index contributed by atoms with van der Waals surface area (Å²) in [4.78, 5) is 23.5. The van der Waals surface area contributed by atoms with Crippen molar-refractivity contribution in [3.63, 3.8) is 0 Å². The van der Waals surface area contributed by atoms with E-state index in [9.17, 15) is 23.5 Å². The second-order valence-electron chi connectivity index (χ2n) is 4.30. The molecular formula is C13H15F2NO4. The molecule has 0 aliphatic rings. The number of rotatable bonds is 7. The summed E-state index contributed by atoms with van der Waals surface area (Å²) in [5.41, 5.74) is 0.00102. The lowest BCUT2D eigenvalue weighted by Gasteiger charge is -2.29. The van der Waals surface area contributed by atoms with E-state index in [2.05, 4.69) is 4.74 Å². The Balaban J connectivity index is 3.28. The second-order valence-corrected chi connectivity index (χ2v) is 4.30. The van der Waals surface area contributed by atoms with Gasteiger partial charge in [0, 0.05) is 11.6 Å². The predicted molar refractivity (Wildman–Crippen MR) is 66.5 cm³/mol. The van der Waals surface area contributed by atoms with Gasteiger partial charge in [-0.3, -0.25) is 4.79 Å². The first-order valence-electron chi connectivity index (χ1n) is 5.87. The molecule has 0 aromatic heterocycles. The largest absolute Gasteiger partial charge is 0.479 e. The van der Waals surface area contributed by atoms with Gasteiger partial charge >= 0.3 is 12.6 Å². The number of carbonyl (C=O) groups is 2. The molecule has 7 heteroatoms. The molecule has 1 atom stereocenters. The minimum absolute atomic E-state index is 0.00102. The maximum Gasteiger partial charge on any atom is 0.387 e. The number of amides is 1. The Morgan fingerprint density at radius 1 is 1.35 bits per heavy atom. The molecule has 1 unspecified atom stereocenters. The summed E-state index contributed by atoms with van der Waals surface area (Å²) in [5.74, 6) is -1.58. The highest BCUT2D eigenvalue weighted by Gasteiger charge is 2.31. The van der Waals surface area contributed by atoms with Crippen molar-refractivity contribution in [1.29, 1.82) is 0 Å². The lowest BCUT2D eigenvalue weighted by atomic mass is 10.0.